The maximum atomic E-state index is 5.97. The van der Waals surface area contributed by atoms with Gasteiger partial charge < -0.3 is 16.5 Å². The van der Waals surface area contributed by atoms with Crippen LogP contribution in [0.3, 0.4) is 0 Å². The van der Waals surface area contributed by atoms with Crippen LogP contribution in [-0.4, -0.2) is 17.8 Å². The average molecular weight is 277 g/mol. The van der Waals surface area contributed by atoms with Gasteiger partial charge in [0.05, 0.1) is 0 Å². The summed E-state index contributed by atoms with van der Waals surface area (Å²) in [6, 6.07) is 0. The summed E-state index contributed by atoms with van der Waals surface area (Å²) in [4.78, 5) is 5.77. The quantitative estimate of drug-likeness (QED) is 0.440. The van der Waals surface area contributed by atoms with Crippen molar-refractivity contribution in [3.63, 3.8) is 0 Å². The fourth-order valence-corrected chi connectivity index (χ4v) is 1.26. The van der Waals surface area contributed by atoms with Crippen molar-refractivity contribution in [1.29, 1.82) is 0 Å². The number of hydrogen-bond acceptors (Lipinski definition) is 1. The van der Waals surface area contributed by atoms with Crippen molar-refractivity contribution in [2.24, 2.45) is 10.9 Å². The number of allylic oxidation sites excluding steroid dienone is 3. The molecule has 1 radical (unpaired) electrons. The third kappa shape index (κ3) is 4.04. The fourth-order valence-electron chi connectivity index (χ4n) is 1.26. The molecule has 0 amide bonds. The zero-order valence-electron chi connectivity index (χ0n) is 9.57. The van der Waals surface area contributed by atoms with E-state index in [2.05, 4.69) is 25.2 Å². The molecule has 0 spiro atoms. The van der Waals surface area contributed by atoms with E-state index in [1.807, 2.05) is 25.3 Å². The molecule has 0 saturated heterocycles. The van der Waals surface area contributed by atoms with Crippen molar-refractivity contribution in [2.75, 3.05) is 6.54 Å². The third-order valence-electron chi connectivity index (χ3n) is 2.02. The molecule has 1 heterocycles. The largest absolute Gasteiger partial charge is 0.501 e. The third-order valence-corrected chi connectivity index (χ3v) is 2.02. The first-order valence-corrected chi connectivity index (χ1v) is 4.89. The van der Waals surface area contributed by atoms with E-state index in [1.54, 1.807) is 4.90 Å². The van der Waals surface area contributed by atoms with E-state index in [0.29, 0.717) is 5.92 Å². The van der Waals surface area contributed by atoms with Crippen LogP contribution < -0.4 is 0 Å². The molecule has 0 bridgehead atoms. The van der Waals surface area contributed by atoms with E-state index in [1.165, 1.54) is 0 Å². The average Bonchev–Trinajstić information content (AvgIpc) is 2.16. The van der Waals surface area contributed by atoms with Crippen LogP contribution in [0.25, 0.3) is 0 Å². The summed E-state index contributed by atoms with van der Waals surface area (Å²) in [5, 5.41) is 0. The Bertz CT molecular complexity index is 301. The molecule has 0 N–H and O–H groups in total. The van der Waals surface area contributed by atoms with Gasteiger partial charge in [0.1, 0.15) is 0 Å². The molecular formula is C12H16N2Y-2. The van der Waals surface area contributed by atoms with E-state index in [4.69, 9.17) is 6.58 Å². The van der Waals surface area contributed by atoms with Gasteiger partial charge in [0.2, 0.25) is 0 Å². The van der Waals surface area contributed by atoms with Crippen molar-refractivity contribution in [3.8, 4) is 0 Å². The minimum Gasteiger partial charge on any atom is -0.501 e. The van der Waals surface area contributed by atoms with Gasteiger partial charge in [-0.1, -0.05) is 19.8 Å². The summed E-state index contributed by atoms with van der Waals surface area (Å²) in [6.07, 6.45) is 8.73. The van der Waals surface area contributed by atoms with Gasteiger partial charge in [-0.3, -0.25) is 0 Å². The standard InChI is InChI=1S/C12H16N2.Y/c1-5-13-9-14-8-6-7-12(10(2)3)11(14)4;/h4,6-8,10H,5H2,1-3H3;/q-2;. The Hall–Kier alpha value is -0.206. The SMILES string of the molecule is [CH-]=C1C(C(C)C)=CC=CN1[C-]=NCC.[Y]. The van der Waals surface area contributed by atoms with Crippen LogP contribution in [0, 0.1) is 12.5 Å². The minimum absolute atomic E-state index is 0. The molecule has 0 aromatic rings. The second-order valence-corrected chi connectivity index (χ2v) is 3.45. The summed E-state index contributed by atoms with van der Waals surface area (Å²) in [5.74, 6) is 0.422. The number of nitrogens with zero attached hydrogens (tertiary/aromatic N) is 2. The summed E-state index contributed by atoms with van der Waals surface area (Å²) in [5.41, 5.74) is 1.85. The van der Waals surface area contributed by atoms with E-state index in [9.17, 15) is 0 Å². The molecule has 0 unspecified atom stereocenters. The maximum Gasteiger partial charge on any atom is 0.0232 e. The van der Waals surface area contributed by atoms with Gasteiger partial charge in [-0.15, -0.1) is 12.3 Å². The molecule has 2 nitrogen and oxygen atoms in total. The number of aliphatic imine (C=N–C) groups is 1. The van der Waals surface area contributed by atoms with E-state index in [-0.39, 0.29) is 32.7 Å². The van der Waals surface area contributed by atoms with Crippen molar-refractivity contribution >= 4 is 6.34 Å². The Morgan fingerprint density at radius 3 is 2.73 bits per heavy atom. The zero-order valence-corrected chi connectivity index (χ0v) is 12.4. The Labute approximate surface area is 118 Å². The van der Waals surface area contributed by atoms with Crippen molar-refractivity contribution in [2.45, 2.75) is 20.8 Å². The second-order valence-electron chi connectivity index (χ2n) is 3.45. The number of hydrogen-bond donors (Lipinski definition) is 0. The van der Waals surface area contributed by atoms with Gasteiger partial charge in [-0.25, -0.2) is 11.3 Å². The zero-order chi connectivity index (χ0) is 10.6. The van der Waals surface area contributed by atoms with E-state index < -0.39 is 0 Å². The van der Waals surface area contributed by atoms with E-state index >= 15 is 0 Å². The Morgan fingerprint density at radius 1 is 1.53 bits per heavy atom. The molecule has 0 fully saturated rings. The number of rotatable bonds is 3. The molecule has 1 aliphatic rings. The summed E-state index contributed by atoms with van der Waals surface area (Å²) >= 11 is 0. The van der Waals surface area contributed by atoms with Crippen LogP contribution in [0.5, 0.6) is 0 Å². The molecule has 3 heteroatoms. The smallest absolute Gasteiger partial charge is 0.0232 e. The Morgan fingerprint density at radius 2 is 2.20 bits per heavy atom. The van der Waals surface area contributed by atoms with E-state index in [0.717, 1.165) is 17.8 Å². The van der Waals surface area contributed by atoms with Gasteiger partial charge in [0.25, 0.3) is 0 Å². The minimum atomic E-state index is 0. The molecule has 1 aliphatic heterocycles. The monoisotopic (exact) mass is 277 g/mol. The fraction of sp³-hybridized carbons (Fsp3) is 0.417. The van der Waals surface area contributed by atoms with Gasteiger partial charge in [-0.2, -0.15) is 6.08 Å². The van der Waals surface area contributed by atoms with Crippen LogP contribution in [0.15, 0.2) is 34.6 Å². The first kappa shape index (κ1) is 14.8. The van der Waals surface area contributed by atoms with Crippen LogP contribution in [0.4, 0.5) is 0 Å². The Kier molecular flexibility index (Phi) is 7.03. The second kappa shape index (κ2) is 7.13. The normalized spacial score (nSPS) is 15.9. The summed E-state index contributed by atoms with van der Waals surface area (Å²) in [6.45, 7) is 12.9. The van der Waals surface area contributed by atoms with Crippen LogP contribution in [-0.2, 0) is 32.7 Å². The topological polar surface area (TPSA) is 15.6 Å². The van der Waals surface area contributed by atoms with Gasteiger partial charge >= 0.3 is 0 Å². The Balaban J connectivity index is 0.00000196. The van der Waals surface area contributed by atoms with Gasteiger partial charge in [0, 0.05) is 45.6 Å². The predicted octanol–water partition coefficient (Wildman–Crippen LogP) is 2.64. The summed E-state index contributed by atoms with van der Waals surface area (Å²) in [7, 11) is 0. The first-order chi connectivity index (χ1) is 6.66. The molecule has 15 heavy (non-hydrogen) atoms. The maximum absolute atomic E-state index is 5.97. The van der Waals surface area contributed by atoms with Gasteiger partial charge in [0.15, 0.2) is 0 Å². The van der Waals surface area contributed by atoms with Crippen LogP contribution >= 0.6 is 0 Å². The summed E-state index contributed by atoms with van der Waals surface area (Å²) < 4.78 is 0. The van der Waals surface area contributed by atoms with Crippen molar-refractivity contribution < 1.29 is 32.7 Å². The molecule has 0 atom stereocenters. The molecule has 0 aliphatic carbocycles. The van der Waals surface area contributed by atoms with Crippen molar-refractivity contribution in [3.05, 3.63) is 36.2 Å². The van der Waals surface area contributed by atoms with Crippen LogP contribution in [0.1, 0.15) is 20.8 Å². The molecular weight excluding hydrogens is 261 g/mol. The molecule has 79 valence electrons. The molecule has 0 saturated carbocycles. The van der Waals surface area contributed by atoms with Crippen molar-refractivity contribution in [1.82, 2.24) is 4.90 Å². The van der Waals surface area contributed by atoms with Crippen LogP contribution in [0.2, 0.25) is 0 Å². The van der Waals surface area contributed by atoms with Gasteiger partial charge in [-0.05, 0) is 6.92 Å². The predicted molar refractivity (Wildman–Crippen MR) is 59.7 cm³/mol. The molecule has 1 rings (SSSR count). The first-order valence-electron chi connectivity index (χ1n) is 4.89. The molecule has 0 aromatic heterocycles. The molecule has 0 aromatic carbocycles.